The minimum atomic E-state index is 0. The van der Waals surface area contributed by atoms with Gasteiger partial charge in [0.2, 0.25) is 0 Å². The van der Waals surface area contributed by atoms with Gasteiger partial charge in [-0.15, -0.1) is 0 Å². The summed E-state index contributed by atoms with van der Waals surface area (Å²) in [6.07, 6.45) is 0. The summed E-state index contributed by atoms with van der Waals surface area (Å²) in [5.74, 6) is 0. The van der Waals surface area contributed by atoms with E-state index in [0.717, 1.165) is 21.3 Å². The van der Waals surface area contributed by atoms with Crippen molar-refractivity contribution < 1.29 is 61.4 Å². The van der Waals surface area contributed by atoms with Crippen LogP contribution < -0.4 is 34.7 Å². The molecule has 0 saturated carbocycles. The van der Waals surface area contributed by atoms with E-state index in [4.69, 9.17) is 15.3 Å². The van der Waals surface area contributed by atoms with Crippen LogP contribution in [0.25, 0.3) is 0 Å². The summed E-state index contributed by atoms with van der Waals surface area (Å²) in [7, 11) is 2.75. The van der Waals surface area contributed by atoms with Crippen LogP contribution >= 0.6 is 0 Å². The average molecular weight is 177 g/mol. The van der Waals surface area contributed by atoms with Gasteiger partial charge in [-0.1, -0.05) is 0 Å². The predicted octanol–water partition coefficient (Wildman–Crippen LogP) is -4.80. The van der Waals surface area contributed by atoms with Crippen molar-refractivity contribution in [1.82, 2.24) is 0 Å². The van der Waals surface area contributed by atoms with Crippen LogP contribution in [0.5, 0.6) is 0 Å². The molecule has 0 saturated heterocycles. The third-order valence-corrected chi connectivity index (χ3v) is 0. The molecule has 0 aliphatic rings. The molecule has 0 heterocycles. The summed E-state index contributed by atoms with van der Waals surface area (Å²) in [6.45, 7) is 0. The summed E-state index contributed by atoms with van der Waals surface area (Å²) in [4.78, 5) is 0. The van der Waals surface area contributed by atoms with Crippen LogP contribution in [0, 0.1) is 0 Å². The molecule has 2 N–H and O–H groups in total. The number of rotatable bonds is 0. The Hall–Kier alpha value is 1.37. The second-order valence-corrected chi connectivity index (χ2v) is 0. The molecule has 0 aromatic rings. The van der Waals surface area contributed by atoms with Crippen LogP contribution in [-0.2, 0) is 16.5 Å². The zero-order chi connectivity index (χ0) is 6.00. The monoisotopic (exact) mass is 176 g/mol. The molecule has 0 aromatic heterocycles. The third kappa shape index (κ3) is 159. The predicted molar refractivity (Wildman–Crippen MR) is 22.2 cm³/mol. The number of hydrogen-bond acceptors (Lipinski definition) is 3. The third-order valence-electron chi connectivity index (χ3n) is 0. The van der Waals surface area contributed by atoms with Gasteiger partial charge in [-0.3, -0.25) is 0 Å². The van der Waals surface area contributed by atoms with E-state index in [9.17, 15) is 0 Å². The molecule has 0 amide bonds. The van der Waals surface area contributed by atoms with Crippen molar-refractivity contribution in [1.29, 1.82) is 0 Å². The molecule has 0 fully saturated rings. The average Bonchev–Trinajstić information content (AvgIpc) is 1.81. The van der Waals surface area contributed by atoms with Gasteiger partial charge in [0.15, 0.2) is 0 Å². The molecule has 8 heavy (non-hydrogen) atoms. The molecule has 5 heteroatoms. The van der Waals surface area contributed by atoms with Crippen molar-refractivity contribution in [2.75, 3.05) is 21.3 Å². The van der Waals surface area contributed by atoms with E-state index in [1.165, 1.54) is 0 Å². The first kappa shape index (κ1) is 34.4. The van der Waals surface area contributed by atoms with Crippen molar-refractivity contribution in [2.24, 2.45) is 0 Å². The Bertz CT molecular complexity index is 14.5. The summed E-state index contributed by atoms with van der Waals surface area (Å²) >= 11 is 0. The fourth-order valence-electron chi connectivity index (χ4n) is 0. The second kappa shape index (κ2) is 241. The molecule has 52 valence electrons. The van der Waals surface area contributed by atoms with E-state index in [1.807, 2.05) is 0 Å². The molecule has 0 aliphatic heterocycles. The van der Waals surface area contributed by atoms with E-state index in [2.05, 4.69) is 0 Å². The Kier molecular flexibility index (Phi) is 1040. The molecule has 0 rings (SSSR count). The molecule has 0 spiro atoms. The molecule has 0 unspecified atom stereocenters. The largest absolute Gasteiger partial charge is 1.00 e. The molecule has 0 aromatic carbocycles. The van der Waals surface area contributed by atoms with Gasteiger partial charge in [-0.25, -0.2) is 0 Å². The Labute approximate surface area is 82.3 Å². The Morgan fingerprint density at radius 1 is 0.875 bits per heavy atom. The molecule has 0 bridgehead atoms. The van der Waals surface area contributed by atoms with E-state index in [1.54, 1.807) is 0 Å². The summed E-state index contributed by atoms with van der Waals surface area (Å²) in [5.41, 5.74) is 0. The Morgan fingerprint density at radius 3 is 0.875 bits per heavy atom. The Morgan fingerprint density at radius 2 is 0.875 bits per heavy atom. The van der Waals surface area contributed by atoms with Crippen molar-refractivity contribution in [3.8, 4) is 0 Å². The van der Waals surface area contributed by atoms with Crippen molar-refractivity contribution in [3.05, 3.63) is 0 Å². The molecular weight excluding hydrogens is 166 g/mol. The van der Waals surface area contributed by atoms with Gasteiger partial charge in [0.25, 0.3) is 0 Å². The fraction of sp³-hybridized carbons (Fsp3) is 1.00. The van der Waals surface area contributed by atoms with Gasteiger partial charge in [0.1, 0.15) is 0 Å². The molecule has 3 nitrogen and oxygen atoms in total. The van der Waals surface area contributed by atoms with Crippen LogP contribution in [0.3, 0.4) is 0 Å². The van der Waals surface area contributed by atoms with E-state index in [0.29, 0.717) is 0 Å². The minimum Gasteiger partial charge on any atom is -0.857 e. The maximum absolute atomic E-state index is 8.25. The number of aliphatic hydroxyl groups excluding tert-OH is 2. The van der Waals surface area contributed by atoms with Gasteiger partial charge >= 0.3 is 29.6 Å². The summed E-state index contributed by atoms with van der Waals surface area (Å²) in [5, 5.41) is 22.2. The first-order valence-electron chi connectivity index (χ1n) is 1.30. The topological polar surface area (TPSA) is 63.5 Å². The molecule has 0 aliphatic carbocycles. The quantitative estimate of drug-likeness (QED) is 0.365. The van der Waals surface area contributed by atoms with Gasteiger partial charge in [0.05, 0.1) is 0 Å². The van der Waals surface area contributed by atoms with Crippen molar-refractivity contribution in [3.63, 3.8) is 0 Å². The second-order valence-electron chi connectivity index (χ2n) is 0. The van der Waals surface area contributed by atoms with E-state index in [-0.39, 0.29) is 46.0 Å². The molecule has 0 radical (unpaired) electrons. The zero-order valence-corrected chi connectivity index (χ0v) is 8.61. The first-order chi connectivity index (χ1) is 3.00. The maximum Gasteiger partial charge on any atom is 1.00 e. The zero-order valence-electron chi connectivity index (χ0n) is 5.62. The normalized spacial score (nSPS) is 2.25. The molecule has 0 atom stereocenters. The maximum atomic E-state index is 8.25. The van der Waals surface area contributed by atoms with Gasteiger partial charge in [0, 0.05) is 30.7 Å². The Balaban J connectivity index is -0.00000000500. The van der Waals surface area contributed by atoms with Crippen molar-refractivity contribution >= 4 is 0 Å². The van der Waals surface area contributed by atoms with Gasteiger partial charge in [-0.05, 0) is 0 Å². The fourth-order valence-corrected chi connectivity index (χ4v) is 0. The standard InChI is InChI=1S/2CH4O.CH3O.Na.Ni/c3*1-2;;/h2*2H,1H3;1H3;;/q;;-1;+1;. The van der Waals surface area contributed by atoms with Crippen LogP contribution in [-0.4, -0.2) is 31.5 Å². The van der Waals surface area contributed by atoms with Gasteiger partial charge < -0.3 is 15.3 Å². The smallest absolute Gasteiger partial charge is 0.857 e. The number of aliphatic hydroxyl groups is 2. The van der Waals surface area contributed by atoms with E-state index >= 15 is 0 Å². The minimum absolute atomic E-state index is 0. The van der Waals surface area contributed by atoms with Crippen LogP contribution in [0.2, 0.25) is 0 Å². The SMILES string of the molecule is CO.CO.C[O-].[Na+].[Ni]. The molecular formula is C3H11NaNiO3. The van der Waals surface area contributed by atoms with E-state index < -0.39 is 0 Å². The van der Waals surface area contributed by atoms with Crippen molar-refractivity contribution in [2.45, 2.75) is 0 Å². The van der Waals surface area contributed by atoms with Crippen LogP contribution in [0.4, 0.5) is 0 Å². The summed E-state index contributed by atoms with van der Waals surface area (Å²) in [6, 6.07) is 0. The van der Waals surface area contributed by atoms with Crippen LogP contribution in [0.1, 0.15) is 0 Å². The number of hydrogen-bond donors (Lipinski definition) is 2. The first-order valence-corrected chi connectivity index (χ1v) is 1.30. The van der Waals surface area contributed by atoms with Gasteiger partial charge in [-0.2, -0.15) is 7.11 Å². The van der Waals surface area contributed by atoms with Crippen LogP contribution in [0.15, 0.2) is 0 Å². The summed E-state index contributed by atoms with van der Waals surface area (Å²) < 4.78 is 0.